The third-order valence-electron chi connectivity index (χ3n) is 1.74. The van der Waals surface area contributed by atoms with Crippen molar-refractivity contribution in [1.82, 2.24) is 5.43 Å². The third-order valence-corrected chi connectivity index (χ3v) is 1.74. The number of nitrogens with one attached hydrogen (secondary N) is 1. The summed E-state index contributed by atoms with van der Waals surface area (Å²) in [5.74, 6) is 6.01. The molecule has 0 aromatic carbocycles. The first-order valence-electron chi connectivity index (χ1n) is 3.66. The second-order valence-corrected chi connectivity index (χ2v) is 2.82. The van der Waals surface area contributed by atoms with Crippen molar-refractivity contribution in [1.29, 1.82) is 0 Å². The first-order chi connectivity index (χ1) is 4.20. The minimum absolute atomic E-state index is 0.458. The number of hydrazine groups is 1. The van der Waals surface area contributed by atoms with Gasteiger partial charge in [0.15, 0.2) is 0 Å². The molecule has 9 heavy (non-hydrogen) atoms. The second kappa shape index (κ2) is 4.77. The van der Waals surface area contributed by atoms with Gasteiger partial charge in [-0.2, -0.15) is 0 Å². The van der Waals surface area contributed by atoms with E-state index < -0.39 is 0 Å². The number of hydrogen-bond donors (Lipinski definition) is 2. The fourth-order valence-electron chi connectivity index (χ4n) is 0.838. The molecule has 0 saturated carbocycles. The van der Waals surface area contributed by atoms with E-state index in [-0.39, 0.29) is 0 Å². The molecule has 56 valence electrons. The molecule has 0 aliphatic carbocycles. The predicted octanol–water partition coefficient (Wildman–Crippen LogP) is 1.27. The Hall–Kier alpha value is -0.0800. The highest BCUT2D eigenvalue weighted by Gasteiger charge is 2.03. The maximum atomic E-state index is 5.23. The maximum absolute atomic E-state index is 5.23. The quantitative estimate of drug-likeness (QED) is 0.444. The molecular weight excluding hydrogens is 112 g/mol. The Balaban J connectivity index is 3.22. The van der Waals surface area contributed by atoms with Gasteiger partial charge in [-0.15, -0.1) is 0 Å². The van der Waals surface area contributed by atoms with Crippen LogP contribution in [0.1, 0.15) is 33.6 Å². The van der Waals surface area contributed by atoms with Gasteiger partial charge in [-0.3, -0.25) is 11.3 Å². The van der Waals surface area contributed by atoms with Crippen LogP contribution in [0, 0.1) is 5.92 Å². The van der Waals surface area contributed by atoms with Gasteiger partial charge >= 0.3 is 0 Å². The van der Waals surface area contributed by atoms with Gasteiger partial charge in [-0.1, -0.05) is 20.3 Å². The molecular formula is C7H18N2. The zero-order chi connectivity index (χ0) is 7.28. The van der Waals surface area contributed by atoms with Gasteiger partial charge in [0.25, 0.3) is 0 Å². The molecule has 0 heterocycles. The molecule has 2 heteroatoms. The Bertz CT molecular complexity index is 55.9. The molecule has 0 aromatic rings. The Labute approximate surface area is 57.8 Å². The molecule has 0 radical (unpaired) electrons. The van der Waals surface area contributed by atoms with Crippen molar-refractivity contribution in [3.63, 3.8) is 0 Å². The SMILES string of the molecule is CCC(C)CC(C)NN. The Kier molecular flexibility index (Phi) is 4.72. The Morgan fingerprint density at radius 1 is 1.44 bits per heavy atom. The van der Waals surface area contributed by atoms with Crippen molar-refractivity contribution in [2.75, 3.05) is 0 Å². The molecule has 0 aliphatic heterocycles. The van der Waals surface area contributed by atoms with E-state index in [9.17, 15) is 0 Å². The summed E-state index contributed by atoms with van der Waals surface area (Å²) in [6.45, 7) is 6.55. The number of nitrogens with two attached hydrogens (primary N) is 1. The molecule has 2 atom stereocenters. The third kappa shape index (κ3) is 4.43. The molecule has 3 N–H and O–H groups in total. The lowest BCUT2D eigenvalue weighted by molar-refractivity contribution is 0.419. The van der Waals surface area contributed by atoms with Gasteiger partial charge < -0.3 is 0 Å². The van der Waals surface area contributed by atoms with Crippen molar-refractivity contribution < 1.29 is 0 Å². The van der Waals surface area contributed by atoms with Crippen molar-refractivity contribution >= 4 is 0 Å². The fraction of sp³-hybridized carbons (Fsp3) is 1.00. The molecule has 0 spiro atoms. The smallest absolute Gasteiger partial charge is 0.0184 e. The van der Waals surface area contributed by atoms with Crippen LogP contribution in [0.4, 0.5) is 0 Å². The lowest BCUT2D eigenvalue weighted by atomic mass is 10.0. The van der Waals surface area contributed by atoms with Crippen molar-refractivity contribution in [2.45, 2.75) is 39.7 Å². The van der Waals surface area contributed by atoms with Crippen LogP contribution in [0.3, 0.4) is 0 Å². The summed E-state index contributed by atoms with van der Waals surface area (Å²) in [5, 5.41) is 0. The molecule has 0 fully saturated rings. The normalized spacial score (nSPS) is 17.3. The zero-order valence-corrected chi connectivity index (χ0v) is 6.65. The van der Waals surface area contributed by atoms with Gasteiger partial charge in [-0.05, 0) is 19.3 Å². The fourth-order valence-corrected chi connectivity index (χ4v) is 0.838. The number of hydrogen-bond acceptors (Lipinski definition) is 2. The zero-order valence-electron chi connectivity index (χ0n) is 6.65. The largest absolute Gasteiger partial charge is 0.271 e. The minimum Gasteiger partial charge on any atom is -0.271 e. The van der Waals surface area contributed by atoms with Gasteiger partial charge in [0.05, 0.1) is 0 Å². The molecule has 2 nitrogen and oxygen atoms in total. The summed E-state index contributed by atoms with van der Waals surface area (Å²) in [5.41, 5.74) is 2.73. The first-order valence-corrected chi connectivity index (χ1v) is 3.66. The van der Waals surface area contributed by atoms with Crippen molar-refractivity contribution in [3.05, 3.63) is 0 Å². The van der Waals surface area contributed by atoms with Crippen LogP contribution in [0.5, 0.6) is 0 Å². The average molecular weight is 130 g/mol. The second-order valence-electron chi connectivity index (χ2n) is 2.82. The van der Waals surface area contributed by atoms with Crippen LogP contribution in [0.2, 0.25) is 0 Å². The monoisotopic (exact) mass is 130 g/mol. The summed E-state index contributed by atoms with van der Waals surface area (Å²) in [6, 6.07) is 0.458. The summed E-state index contributed by atoms with van der Waals surface area (Å²) >= 11 is 0. The van der Waals surface area contributed by atoms with Crippen LogP contribution in [0.25, 0.3) is 0 Å². The van der Waals surface area contributed by atoms with Crippen molar-refractivity contribution in [2.24, 2.45) is 11.8 Å². The van der Waals surface area contributed by atoms with Crippen LogP contribution in [-0.2, 0) is 0 Å². The maximum Gasteiger partial charge on any atom is 0.0184 e. The molecule has 2 unspecified atom stereocenters. The highest BCUT2D eigenvalue weighted by molar-refractivity contribution is 4.59. The lowest BCUT2D eigenvalue weighted by Gasteiger charge is -2.13. The molecule has 0 bridgehead atoms. The standard InChI is InChI=1S/C7H18N2/c1-4-6(2)5-7(3)9-8/h6-7,9H,4-5,8H2,1-3H3. The predicted molar refractivity (Wildman–Crippen MR) is 40.9 cm³/mol. The van der Waals surface area contributed by atoms with E-state index >= 15 is 0 Å². The van der Waals surface area contributed by atoms with Crippen LogP contribution in [0.15, 0.2) is 0 Å². The molecule has 0 aliphatic rings. The van der Waals surface area contributed by atoms with E-state index in [2.05, 4.69) is 26.2 Å². The highest BCUT2D eigenvalue weighted by Crippen LogP contribution is 2.08. The molecule has 0 aromatic heterocycles. The van der Waals surface area contributed by atoms with E-state index in [0.29, 0.717) is 6.04 Å². The van der Waals surface area contributed by atoms with Gasteiger partial charge in [0.1, 0.15) is 0 Å². The Morgan fingerprint density at radius 2 is 2.00 bits per heavy atom. The van der Waals surface area contributed by atoms with E-state index in [1.165, 1.54) is 12.8 Å². The van der Waals surface area contributed by atoms with E-state index in [1.54, 1.807) is 0 Å². The molecule has 0 rings (SSSR count). The topological polar surface area (TPSA) is 38.0 Å². The summed E-state index contributed by atoms with van der Waals surface area (Å²) in [6.07, 6.45) is 2.42. The van der Waals surface area contributed by atoms with Crippen LogP contribution < -0.4 is 11.3 Å². The average Bonchev–Trinajstić information content (AvgIpc) is 1.87. The molecule has 0 saturated heterocycles. The van der Waals surface area contributed by atoms with Gasteiger partial charge in [-0.25, -0.2) is 0 Å². The van der Waals surface area contributed by atoms with Crippen LogP contribution in [-0.4, -0.2) is 6.04 Å². The van der Waals surface area contributed by atoms with E-state index in [4.69, 9.17) is 5.84 Å². The van der Waals surface area contributed by atoms with Crippen molar-refractivity contribution in [3.8, 4) is 0 Å². The summed E-state index contributed by atoms with van der Waals surface area (Å²) < 4.78 is 0. The number of rotatable bonds is 4. The van der Waals surface area contributed by atoms with E-state index in [0.717, 1.165) is 5.92 Å². The van der Waals surface area contributed by atoms with Gasteiger partial charge in [0, 0.05) is 6.04 Å². The Morgan fingerprint density at radius 3 is 2.33 bits per heavy atom. The lowest BCUT2D eigenvalue weighted by Crippen LogP contribution is -2.33. The van der Waals surface area contributed by atoms with Crippen LogP contribution >= 0.6 is 0 Å². The minimum atomic E-state index is 0.458. The summed E-state index contributed by atoms with van der Waals surface area (Å²) in [7, 11) is 0. The van der Waals surface area contributed by atoms with E-state index in [1.807, 2.05) is 0 Å². The highest BCUT2D eigenvalue weighted by atomic mass is 15.2. The molecule has 0 amide bonds. The first kappa shape index (κ1) is 8.92. The summed E-state index contributed by atoms with van der Waals surface area (Å²) in [4.78, 5) is 0. The van der Waals surface area contributed by atoms with Gasteiger partial charge in [0.2, 0.25) is 0 Å².